The van der Waals surface area contributed by atoms with Gasteiger partial charge in [0.2, 0.25) is 5.91 Å². The third kappa shape index (κ3) is 4.40. The number of amides is 4. The Morgan fingerprint density at radius 2 is 1.93 bits per heavy atom. The van der Waals surface area contributed by atoms with Crippen molar-refractivity contribution < 1.29 is 18.8 Å². The summed E-state index contributed by atoms with van der Waals surface area (Å²) in [5.74, 6) is -1.41. The molecule has 6 nitrogen and oxygen atoms in total. The first-order chi connectivity index (χ1) is 13.9. The molecular formula is C21H21ClFN3O3. The second-order valence-corrected chi connectivity index (χ2v) is 7.25. The lowest BCUT2D eigenvalue weighted by Gasteiger charge is -2.25. The number of hydrogen-bond donors (Lipinski definition) is 2. The summed E-state index contributed by atoms with van der Waals surface area (Å²) in [5.41, 5.74) is 0.143. The Morgan fingerprint density at radius 1 is 1.21 bits per heavy atom. The van der Waals surface area contributed by atoms with Crippen LogP contribution in [0.25, 0.3) is 0 Å². The Balaban J connectivity index is 1.63. The largest absolute Gasteiger partial charge is 0.354 e. The van der Waals surface area contributed by atoms with Crippen LogP contribution in [-0.4, -0.2) is 35.8 Å². The van der Waals surface area contributed by atoms with Crippen LogP contribution in [0, 0.1) is 5.82 Å². The van der Waals surface area contributed by atoms with Gasteiger partial charge < -0.3 is 10.6 Å². The molecule has 3 rings (SSSR count). The summed E-state index contributed by atoms with van der Waals surface area (Å²) < 4.78 is 13.2. The monoisotopic (exact) mass is 417 g/mol. The Labute approximate surface area is 173 Å². The summed E-state index contributed by atoms with van der Waals surface area (Å²) in [5, 5.41) is 5.99. The number of imide groups is 1. The van der Waals surface area contributed by atoms with Gasteiger partial charge in [0.15, 0.2) is 0 Å². The average Bonchev–Trinajstić information content (AvgIpc) is 2.94. The van der Waals surface area contributed by atoms with E-state index in [2.05, 4.69) is 10.6 Å². The van der Waals surface area contributed by atoms with Crippen LogP contribution < -0.4 is 10.6 Å². The minimum Gasteiger partial charge on any atom is -0.354 e. The van der Waals surface area contributed by atoms with Crippen LogP contribution in [0.4, 0.5) is 9.18 Å². The molecule has 152 valence electrons. The van der Waals surface area contributed by atoms with Crippen molar-refractivity contribution in [3.63, 3.8) is 0 Å². The molecule has 0 bridgehead atoms. The molecule has 0 saturated carbocycles. The summed E-state index contributed by atoms with van der Waals surface area (Å²) in [6.45, 7) is 1.71. The SMILES string of the molecule is CC[C@]1(c2ccc(F)cc2)NC(=O)N(CC(=O)NCCc2cccc(Cl)c2)C1=O. The second-order valence-electron chi connectivity index (χ2n) is 6.82. The number of nitrogens with zero attached hydrogens (tertiary/aromatic N) is 1. The van der Waals surface area contributed by atoms with Crippen LogP contribution in [0.15, 0.2) is 48.5 Å². The molecule has 1 aliphatic heterocycles. The molecule has 2 N–H and O–H groups in total. The first kappa shape index (κ1) is 20.8. The molecule has 1 fully saturated rings. The number of halogens is 2. The third-order valence-electron chi connectivity index (χ3n) is 4.97. The van der Waals surface area contributed by atoms with Crippen LogP contribution in [0.5, 0.6) is 0 Å². The Kier molecular flexibility index (Phi) is 6.17. The van der Waals surface area contributed by atoms with Crippen molar-refractivity contribution >= 4 is 29.4 Å². The molecular weight excluding hydrogens is 397 g/mol. The van der Waals surface area contributed by atoms with E-state index in [0.29, 0.717) is 23.6 Å². The molecule has 8 heteroatoms. The maximum Gasteiger partial charge on any atom is 0.325 e. The van der Waals surface area contributed by atoms with Crippen LogP contribution in [0.3, 0.4) is 0 Å². The van der Waals surface area contributed by atoms with Gasteiger partial charge in [-0.25, -0.2) is 9.18 Å². The van der Waals surface area contributed by atoms with Crippen molar-refractivity contribution in [2.24, 2.45) is 0 Å². The second kappa shape index (κ2) is 8.61. The van der Waals surface area contributed by atoms with Crippen molar-refractivity contribution in [3.05, 3.63) is 70.5 Å². The molecule has 1 aliphatic rings. The van der Waals surface area contributed by atoms with Crippen LogP contribution >= 0.6 is 11.6 Å². The highest BCUT2D eigenvalue weighted by atomic mass is 35.5. The van der Waals surface area contributed by atoms with Crippen molar-refractivity contribution in [2.75, 3.05) is 13.1 Å². The van der Waals surface area contributed by atoms with Gasteiger partial charge in [0, 0.05) is 11.6 Å². The van der Waals surface area contributed by atoms with Gasteiger partial charge in [-0.2, -0.15) is 0 Å². The molecule has 0 aromatic heterocycles. The van der Waals surface area contributed by atoms with Gasteiger partial charge in [0.05, 0.1) is 0 Å². The highest BCUT2D eigenvalue weighted by Crippen LogP contribution is 2.32. The van der Waals surface area contributed by atoms with Crippen molar-refractivity contribution in [2.45, 2.75) is 25.3 Å². The van der Waals surface area contributed by atoms with E-state index in [1.807, 2.05) is 18.2 Å². The fourth-order valence-electron chi connectivity index (χ4n) is 3.38. The molecule has 1 atom stereocenters. The van der Waals surface area contributed by atoms with E-state index in [0.717, 1.165) is 10.5 Å². The Morgan fingerprint density at radius 3 is 2.59 bits per heavy atom. The lowest BCUT2D eigenvalue weighted by atomic mass is 9.87. The topological polar surface area (TPSA) is 78.5 Å². The molecule has 1 heterocycles. The third-order valence-corrected chi connectivity index (χ3v) is 5.20. The normalized spacial score (nSPS) is 18.7. The van der Waals surface area contributed by atoms with Crippen LogP contribution in [0.2, 0.25) is 5.02 Å². The standard InChI is InChI=1S/C21H21ClFN3O3/c1-2-21(15-6-8-17(23)9-7-15)19(28)26(20(29)25-21)13-18(27)24-11-10-14-4-3-5-16(22)12-14/h3-9,12H,2,10-11,13H2,1H3,(H,24,27)(H,25,29)/t21-/m1/s1. The minimum atomic E-state index is -1.30. The van der Waals surface area contributed by atoms with E-state index >= 15 is 0 Å². The van der Waals surface area contributed by atoms with Gasteiger partial charge in [0.25, 0.3) is 5.91 Å². The molecule has 1 saturated heterocycles. The molecule has 2 aromatic rings. The summed E-state index contributed by atoms with van der Waals surface area (Å²) in [6, 6.07) is 12.0. The molecule has 0 spiro atoms. The van der Waals surface area contributed by atoms with E-state index in [9.17, 15) is 18.8 Å². The quantitative estimate of drug-likeness (QED) is 0.680. The van der Waals surface area contributed by atoms with Gasteiger partial charge >= 0.3 is 6.03 Å². The van der Waals surface area contributed by atoms with Gasteiger partial charge in [-0.15, -0.1) is 0 Å². The van der Waals surface area contributed by atoms with Gasteiger partial charge in [-0.1, -0.05) is 42.8 Å². The number of urea groups is 1. The van der Waals surface area contributed by atoms with Gasteiger partial charge in [-0.3, -0.25) is 14.5 Å². The molecule has 0 unspecified atom stereocenters. The smallest absolute Gasteiger partial charge is 0.325 e. The van der Waals surface area contributed by atoms with Crippen molar-refractivity contribution in [1.29, 1.82) is 0 Å². The fourth-order valence-corrected chi connectivity index (χ4v) is 3.59. The minimum absolute atomic E-state index is 0.274. The zero-order chi connectivity index (χ0) is 21.0. The molecule has 29 heavy (non-hydrogen) atoms. The first-order valence-electron chi connectivity index (χ1n) is 9.27. The summed E-state index contributed by atoms with van der Waals surface area (Å²) in [7, 11) is 0. The van der Waals surface area contributed by atoms with Crippen molar-refractivity contribution in [3.8, 4) is 0 Å². The van der Waals surface area contributed by atoms with Gasteiger partial charge in [-0.05, 0) is 48.2 Å². The zero-order valence-corrected chi connectivity index (χ0v) is 16.6. The number of carbonyl (C=O) groups is 3. The highest BCUT2D eigenvalue weighted by Gasteiger charge is 2.51. The maximum absolute atomic E-state index is 13.2. The first-order valence-corrected chi connectivity index (χ1v) is 9.65. The summed E-state index contributed by atoms with van der Waals surface area (Å²) in [6.07, 6.45) is 0.844. The van der Waals surface area contributed by atoms with E-state index in [-0.39, 0.29) is 13.0 Å². The van der Waals surface area contributed by atoms with Crippen LogP contribution in [-0.2, 0) is 21.5 Å². The summed E-state index contributed by atoms with van der Waals surface area (Å²) in [4.78, 5) is 38.5. The fraction of sp³-hybridized carbons (Fsp3) is 0.286. The zero-order valence-electron chi connectivity index (χ0n) is 15.9. The molecule has 4 amide bonds. The van der Waals surface area contributed by atoms with E-state index in [1.165, 1.54) is 24.3 Å². The maximum atomic E-state index is 13.2. The predicted octanol–water partition coefficient (Wildman–Crippen LogP) is 3.00. The number of benzene rings is 2. The predicted molar refractivity (Wildman–Crippen MR) is 107 cm³/mol. The number of carbonyl (C=O) groups excluding carboxylic acids is 3. The number of nitrogens with one attached hydrogen (secondary N) is 2. The lowest BCUT2D eigenvalue weighted by Crippen LogP contribution is -2.45. The van der Waals surface area contributed by atoms with E-state index < -0.39 is 29.2 Å². The van der Waals surface area contributed by atoms with Gasteiger partial charge in [0.1, 0.15) is 17.9 Å². The Bertz CT molecular complexity index is 935. The molecule has 0 radical (unpaired) electrons. The molecule has 0 aliphatic carbocycles. The Hall–Kier alpha value is -2.93. The average molecular weight is 418 g/mol. The van der Waals surface area contributed by atoms with E-state index in [1.54, 1.807) is 13.0 Å². The number of rotatable bonds is 7. The lowest BCUT2D eigenvalue weighted by molar-refractivity contribution is -0.135. The van der Waals surface area contributed by atoms with E-state index in [4.69, 9.17) is 11.6 Å². The van der Waals surface area contributed by atoms with Crippen LogP contribution in [0.1, 0.15) is 24.5 Å². The number of hydrogen-bond acceptors (Lipinski definition) is 3. The molecule has 2 aromatic carbocycles. The van der Waals surface area contributed by atoms with Crippen molar-refractivity contribution in [1.82, 2.24) is 15.5 Å². The highest BCUT2D eigenvalue weighted by molar-refractivity contribution is 6.30. The summed E-state index contributed by atoms with van der Waals surface area (Å²) >= 11 is 5.93.